The first-order chi connectivity index (χ1) is 16.4. The Hall–Kier alpha value is -3.27. The molecule has 1 saturated carbocycles. The number of aromatic nitrogens is 2. The molecule has 0 spiro atoms. The van der Waals surface area contributed by atoms with Crippen molar-refractivity contribution < 1.29 is 28.2 Å². The SMILES string of the molecule is O=C(Nc1ccn(CCCO)n1)[C@H](CC1CCCC1)N1CC(Oc2c(F)cccc2F)=CC1=O. The Morgan fingerprint density at radius 1 is 1.24 bits per heavy atom. The number of aliphatic hydroxyl groups is 1. The van der Waals surface area contributed by atoms with Gasteiger partial charge < -0.3 is 20.1 Å². The van der Waals surface area contributed by atoms with Gasteiger partial charge in [-0.15, -0.1) is 0 Å². The number of hydrogen-bond acceptors (Lipinski definition) is 5. The van der Waals surface area contributed by atoms with E-state index in [-0.39, 0.29) is 24.8 Å². The topological polar surface area (TPSA) is 96.7 Å². The van der Waals surface area contributed by atoms with Crippen molar-refractivity contribution in [1.82, 2.24) is 14.7 Å². The molecule has 0 unspecified atom stereocenters. The van der Waals surface area contributed by atoms with Gasteiger partial charge in [0.05, 0.1) is 6.54 Å². The second-order valence-corrected chi connectivity index (χ2v) is 8.66. The second kappa shape index (κ2) is 10.8. The predicted octanol–water partition coefficient (Wildman–Crippen LogP) is 3.24. The molecule has 2 amide bonds. The first kappa shape index (κ1) is 23.9. The Morgan fingerprint density at radius 2 is 1.97 bits per heavy atom. The molecular weight excluding hydrogens is 446 g/mol. The van der Waals surface area contributed by atoms with Crippen molar-refractivity contribution in [1.29, 1.82) is 0 Å². The van der Waals surface area contributed by atoms with Crippen molar-refractivity contribution in [3.05, 3.63) is 53.9 Å². The molecule has 2 N–H and O–H groups in total. The number of rotatable bonds is 10. The summed E-state index contributed by atoms with van der Waals surface area (Å²) in [5.41, 5.74) is 0. The summed E-state index contributed by atoms with van der Waals surface area (Å²) < 4.78 is 35.0. The fourth-order valence-electron chi connectivity index (χ4n) is 4.48. The average molecular weight is 475 g/mol. The zero-order valence-electron chi connectivity index (χ0n) is 18.8. The predicted molar refractivity (Wildman–Crippen MR) is 120 cm³/mol. The summed E-state index contributed by atoms with van der Waals surface area (Å²) in [6.45, 7) is 0.484. The van der Waals surface area contributed by atoms with E-state index in [1.165, 1.54) is 17.0 Å². The minimum absolute atomic E-state index is 0.0380. The van der Waals surface area contributed by atoms with E-state index in [0.717, 1.165) is 37.8 Å². The Bertz CT molecular complexity index is 1040. The van der Waals surface area contributed by atoms with E-state index in [2.05, 4.69) is 10.4 Å². The highest BCUT2D eigenvalue weighted by Crippen LogP contribution is 2.32. The van der Waals surface area contributed by atoms with Crippen LogP contribution in [0.1, 0.15) is 38.5 Å². The normalized spacial score (nSPS) is 17.2. The lowest BCUT2D eigenvalue weighted by molar-refractivity contribution is -0.134. The maximum atomic E-state index is 14.0. The van der Waals surface area contributed by atoms with E-state index in [4.69, 9.17) is 9.84 Å². The largest absolute Gasteiger partial charge is 0.453 e. The summed E-state index contributed by atoms with van der Waals surface area (Å²) in [4.78, 5) is 27.4. The van der Waals surface area contributed by atoms with Gasteiger partial charge in [0.25, 0.3) is 5.91 Å². The Balaban J connectivity index is 1.47. The minimum Gasteiger partial charge on any atom is -0.453 e. The van der Waals surface area contributed by atoms with Crippen molar-refractivity contribution in [2.45, 2.75) is 51.1 Å². The van der Waals surface area contributed by atoms with Crippen LogP contribution >= 0.6 is 0 Å². The molecule has 182 valence electrons. The molecule has 1 atom stereocenters. The molecule has 0 bridgehead atoms. The maximum absolute atomic E-state index is 14.0. The van der Waals surface area contributed by atoms with E-state index in [9.17, 15) is 18.4 Å². The lowest BCUT2D eigenvalue weighted by Gasteiger charge is -2.29. The summed E-state index contributed by atoms with van der Waals surface area (Å²) in [5, 5.41) is 16.0. The molecular formula is C24H28F2N4O4. The number of nitrogens with zero attached hydrogens (tertiary/aromatic N) is 3. The second-order valence-electron chi connectivity index (χ2n) is 8.66. The average Bonchev–Trinajstić information content (AvgIpc) is 3.55. The fraction of sp³-hybridized carbons (Fsp3) is 0.458. The van der Waals surface area contributed by atoms with E-state index < -0.39 is 29.3 Å². The van der Waals surface area contributed by atoms with Crippen LogP contribution in [0.2, 0.25) is 0 Å². The molecule has 2 aliphatic rings. The van der Waals surface area contributed by atoms with Gasteiger partial charge in [-0.05, 0) is 30.9 Å². The van der Waals surface area contributed by atoms with Gasteiger partial charge in [-0.25, -0.2) is 8.78 Å². The molecule has 4 rings (SSSR count). The van der Waals surface area contributed by atoms with Crippen LogP contribution in [0, 0.1) is 17.6 Å². The number of aliphatic hydroxyl groups excluding tert-OH is 1. The third kappa shape index (κ3) is 5.61. The van der Waals surface area contributed by atoms with E-state index in [0.29, 0.717) is 31.1 Å². The highest BCUT2D eigenvalue weighted by molar-refractivity contribution is 5.99. The summed E-state index contributed by atoms with van der Waals surface area (Å²) in [5.74, 6) is -2.41. The van der Waals surface area contributed by atoms with Crippen molar-refractivity contribution >= 4 is 17.6 Å². The lowest BCUT2D eigenvalue weighted by atomic mass is 9.96. The maximum Gasteiger partial charge on any atom is 0.251 e. The Morgan fingerprint density at radius 3 is 2.68 bits per heavy atom. The quantitative estimate of drug-likeness (QED) is 0.551. The fourth-order valence-corrected chi connectivity index (χ4v) is 4.48. The third-order valence-corrected chi connectivity index (χ3v) is 6.19. The smallest absolute Gasteiger partial charge is 0.251 e. The van der Waals surface area contributed by atoms with Crippen molar-refractivity contribution in [3.8, 4) is 5.75 Å². The highest BCUT2D eigenvalue weighted by Gasteiger charge is 2.37. The number of carbonyl (C=O) groups is 2. The molecule has 1 fully saturated rings. The monoisotopic (exact) mass is 474 g/mol. The van der Waals surface area contributed by atoms with Crippen LogP contribution in [0.3, 0.4) is 0 Å². The zero-order chi connectivity index (χ0) is 24.1. The molecule has 2 heterocycles. The van der Waals surface area contributed by atoms with Crippen LogP contribution in [0.25, 0.3) is 0 Å². The zero-order valence-corrected chi connectivity index (χ0v) is 18.8. The number of amides is 2. The van der Waals surface area contributed by atoms with Crippen LogP contribution in [0.5, 0.6) is 5.75 Å². The summed E-state index contributed by atoms with van der Waals surface area (Å²) in [7, 11) is 0. The summed E-state index contributed by atoms with van der Waals surface area (Å²) in [6, 6.07) is 4.25. The van der Waals surface area contributed by atoms with Gasteiger partial charge in [0.15, 0.2) is 23.2 Å². The van der Waals surface area contributed by atoms with Gasteiger partial charge in [0.1, 0.15) is 11.8 Å². The Kier molecular flexibility index (Phi) is 7.56. The summed E-state index contributed by atoms with van der Waals surface area (Å²) in [6.07, 6.45) is 8.04. The van der Waals surface area contributed by atoms with Crippen LogP contribution in [-0.4, -0.2) is 50.8 Å². The van der Waals surface area contributed by atoms with Crippen molar-refractivity contribution in [2.75, 3.05) is 18.5 Å². The Labute approximate surface area is 196 Å². The number of hydrogen-bond donors (Lipinski definition) is 2. The molecule has 8 nitrogen and oxygen atoms in total. The van der Waals surface area contributed by atoms with Crippen LogP contribution in [-0.2, 0) is 16.1 Å². The molecule has 1 aromatic heterocycles. The molecule has 34 heavy (non-hydrogen) atoms. The number of nitrogens with one attached hydrogen (secondary N) is 1. The summed E-state index contributed by atoms with van der Waals surface area (Å²) >= 11 is 0. The number of halogens is 2. The number of anilines is 1. The number of carbonyl (C=O) groups excluding carboxylic acids is 2. The molecule has 2 aromatic rings. The van der Waals surface area contributed by atoms with Gasteiger partial charge in [-0.3, -0.25) is 14.3 Å². The van der Waals surface area contributed by atoms with Gasteiger partial charge in [0, 0.05) is 31.5 Å². The van der Waals surface area contributed by atoms with E-state index in [1.54, 1.807) is 16.9 Å². The number of aryl methyl sites for hydroxylation is 1. The van der Waals surface area contributed by atoms with Gasteiger partial charge in [-0.1, -0.05) is 31.7 Å². The lowest BCUT2D eigenvalue weighted by Crippen LogP contribution is -2.46. The number of para-hydroxylation sites is 1. The van der Waals surface area contributed by atoms with Gasteiger partial charge in [-0.2, -0.15) is 5.10 Å². The highest BCUT2D eigenvalue weighted by atomic mass is 19.1. The third-order valence-electron chi connectivity index (χ3n) is 6.19. The number of ether oxygens (including phenoxy) is 1. The van der Waals surface area contributed by atoms with Crippen molar-refractivity contribution in [2.24, 2.45) is 5.92 Å². The first-order valence-corrected chi connectivity index (χ1v) is 11.5. The molecule has 10 heteroatoms. The van der Waals surface area contributed by atoms with Crippen LogP contribution in [0.4, 0.5) is 14.6 Å². The minimum atomic E-state index is -0.871. The van der Waals surface area contributed by atoms with Gasteiger partial charge in [0.2, 0.25) is 5.91 Å². The first-order valence-electron chi connectivity index (χ1n) is 11.5. The van der Waals surface area contributed by atoms with Crippen molar-refractivity contribution in [3.63, 3.8) is 0 Å². The standard InChI is InChI=1S/C24H28F2N4O4/c25-18-7-3-8-19(26)23(18)34-17-14-22(32)30(15-17)20(13-16-5-1-2-6-16)24(33)27-21-9-11-29(28-21)10-4-12-31/h3,7-9,11,14,16,20,31H,1-2,4-6,10,12-13,15H2,(H,27,28,33)/t20-/m0/s1. The molecule has 1 aliphatic carbocycles. The molecule has 1 aromatic carbocycles. The van der Waals surface area contributed by atoms with Gasteiger partial charge >= 0.3 is 0 Å². The van der Waals surface area contributed by atoms with E-state index >= 15 is 0 Å². The number of benzene rings is 1. The van der Waals surface area contributed by atoms with Crippen LogP contribution < -0.4 is 10.1 Å². The molecule has 0 radical (unpaired) electrons. The molecule has 1 aliphatic heterocycles. The van der Waals surface area contributed by atoms with E-state index in [1.807, 2.05) is 0 Å². The van der Waals surface area contributed by atoms with Crippen LogP contribution in [0.15, 0.2) is 42.3 Å². The molecule has 0 saturated heterocycles.